The lowest BCUT2D eigenvalue weighted by Gasteiger charge is -2.19. The molecule has 1 heterocycles. The van der Waals surface area contributed by atoms with Crippen molar-refractivity contribution >= 4 is 35.8 Å². The third-order valence-corrected chi connectivity index (χ3v) is 4.98. The first-order chi connectivity index (χ1) is 13.3. The molecule has 0 aromatic heterocycles. The molecule has 0 aliphatic carbocycles. The van der Waals surface area contributed by atoms with E-state index >= 15 is 0 Å². The number of hydrogen-bond donors (Lipinski definition) is 2. The first-order valence-electron chi connectivity index (χ1n) is 10.1. The summed E-state index contributed by atoms with van der Waals surface area (Å²) in [6.07, 6.45) is 1.97. The van der Waals surface area contributed by atoms with E-state index in [9.17, 15) is 4.79 Å². The molecular weight excluding hydrogens is 479 g/mol. The van der Waals surface area contributed by atoms with E-state index in [-0.39, 0.29) is 41.8 Å². The van der Waals surface area contributed by atoms with Gasteiger partial charge in [0.25, 0.3) is 0 Å². The summed E-state index contributed by atoms with van der Waals surface area (Å²) >= 11 is 0. The minimum absolute atomic E-state index is 0. The Morgan fingerprint density at radius 2 is 1.90 bits per heavy atom. The molecule has 0 bridgehead atoms. The second-order valence-corrected chi connectivity index (χ2v) is 8.69. The topological polar surface area (TPSA) is 66.0 Å². The zero-order chi connectivity index (χ0) is 20.6. The molecule has 1 aliphatic rings. The van der Waals surface area contributed by atoms with Gasteiger partial charge in [-0.3, -0.25) is 4.79 Å². The van der Waals surface area contributed by atoms with Crippen LogP contribution in [0.4, 0.5) is 0 Å². The van der Waals surface area contributed by atoms with Gasteiger partial charge in [0.2, 0.25) is 5.91 Å². The van der Waals surface area contributed by atoms with Gasteiger partial charge in [0.05, 0.1) is 6.61 Å². The molecule has 2 N–H and O–H groups in total. The number of amides is 1. The summed E-state index contributed by atoms with van der Waals surface area (Å²) in [5.74, 6) is 1.18. The maximum absolute atomic E-state index is 11.9. The lowest BCUT2D eigenvalue weighted by atomic mass is 9.86. The maximum atomic E-state index is 11.9. The molecule has 1 amide bonds. The van der Waals surface area contributed by atoms with Crippen LogP contribution in [-0.2, 0) is 21.4 Å². The third kappa shape index (κ3) is 9.33. The van der Waals surface area contributed by atoms with Gasteiger partial charge >= 0.3 is 0 Å². The van der Waals surface area contributed by atoms with Gasteiger partial charge in [-0.25, -0.2) is 4.99 Å². The fraction of sp³-hybridized carbons (Fsp3) is 0.636. The molecule has 29 heavy (non-hydrogen) atoms. The van der Waals surface area contributed by atoms with E-state index in [4.69, 9.17) is 4.74 Å². The van der Waals surface area contributed by atoms with Crippen molar-refractivity contribution in [1.29, 1.82) is 0 Å². The van der Waals surface area contributed by atoms with Crippen molar-refractivity contribution in [3.05, 3.63) is 35.4 Å². The van der Waals surface area contributed by atoms with E-state index in [2.05, 4.69) is 60.7 Å². The summed E-state index contributed by atoms with van der Waals surface area (Å²) in [5, 5.41) is 6.72. The fourth-order valence-corrected chi connectivity index (χ4v) is 2.94. The van der Waals surface area contributed by atoms with Gasteiger partial charge in [-0.05, 0) is 29.4 Å². The van der Waals surface area contributed by atoms with Crippen molar-refractivity contribution in [3.8, 4) is 0 Å². The Labute approximate surface area is 192 Å². The van der Waals surface area contributed by atoms with Crippen LogP contribution in [0.3, 0.4) is 0 Å². The zero-order valence-electron chi connectivity index (χ0n) is 18.5. The van der Waals surface area contributed by atoms with Crippen LogP contribution in [0.1, 0.15) is 38.3 Å². The molecular formula is C22H37IN4O2. The number of guanidine groups is 1. The number of aliphatic imine (C=N–C) groups is 1. The predicted octanol–water partition coefficient (Wildman–Crippen LogP) is 2.80. The van der Waals surface area contributed by atoms with E-state index in [1.165, 1.54) is 11.1 Å². The van der Waals surface area contributed by atoms with Crippen LogP contribution in [0, 0.1) is 5.92 Å². The number of nitrogens with one attached hydrogen (secondary N) is 2. The van der Waals surface area contributed by atoms with E-state index in [1.807, 2.05) is 0 Å². The van der Waals surface area contributed by atoms with Gasteiger partial charge in [0.1, 0.15) is 6.54 Å². The molecule has 7 heteroatoms. The fourth-order valence-electron chi connectivity index (χ4n) is 2.94. The number of carbonyl (C=O) groups excluding carboxylic acids is 1. The van der Waals surface area contributed by atoms with Crippen molar-refractivity contribution in [1.82, 2.24) is 15.5 Å². The van der Waals surface area contributed by atoms with Gasteiger partial charge in [-0.1, -0.05) is 45.0 Å². The second kappa shape index (κ2) is 12.4. The van der Waals surface area contributed by atoms with E-state index in [0.29, 0.717) is 11.9 Å². The summed E-state index contributed by atoms with van der Waals surface area (Å²) in [6, 6.07) is 8.80. The summed E-state index contributed by atoms with van der Waals surface area (Å²) in [5.41, 5.74) is 2.80. The second-order valence-electron chi connectivity index (χ2n) is 8.69. The highest BCUT2D eigenvalue weighted by Crippen LogP contribution is 2.22. The minimum atomic E-state index is -0.0110. The van der Waals surface area contributed by atoms with Crippen LogP contribution in [-0.4, -0.2) is 63.7 Å². The van der Waals surface area contributed by atoms with Crippen LogP contribution in [0.5, 0.6) is 0 Å². The molecule has 164 valence electrons. The number of rotatable bonds is 7. The lowest BCUT2D eigenvalue weighted by Crippen LogP contribution is -2.41. The van der Waals surface area contributed by atoms with Crippen LogP contribution >= 0.6 is 24.0 Å². The third-order valence-electron chi connectivity index (χ3n) is 4.98. The van der Waals surface area contributed by atoms with Crippen molar-refractivity contribution in [2.75, 3.05) is 46.9 Å². The van der Waals surface area contributed by atoms with E-state index < -0.39 is 0 Å². The van der Waals surface area contributed by atoms with E-state index in [1.54, 1.807) is 19.0 Å². The largest absolute Gasteiger partial charge is 0.381 e. The highest BCUT2D eigenvalue weighted by atomic mass is 127. The number of halogens is 1. The standard InChI is InChI=1S/C22H36N4O2.HI/c1-22(2,3)19-8-6-17(7-9-19)10-12-23-21(25-15-20(27)26(4)5)24-14-18-11-13-28-16-18;/h6-9,18H,10-16H2,1-5H3,(H2,23,24,25);1H. The molecule has 1 aromatic rings. The summed E-state index contributed by atoms with van der Waals surface area (Å²) in [7, 11) is 3.49. The Kier molecular flexibility index (Phi) is 11.0. The van der Waals surface area contributed by atoms with Crippen molar-refractivity contribution in [2.45, 2.75) is 39.0 Å². The Hall–Kier alpha value is -1.35. The predicted molar refractivity (Wildman–Crippen MR) is 130 cm³/mol. The molecule has 0 saturated carbocycles. The lowest BCUT2D eigenvalue weighted by molar-refractivity contribution is -0.127. The number of ether oxygens (including phenoxy) is 1. The van der Waals surface area contributed by atoms with Crippen molar-refractivity contribution < 1.29 is 9.53 Å². The van der Waals surface area contributed by atoms with Gasteiger partial charge in [-0.2, -0.15) is 0 Å². The number of benzene rings is 1. The molecule has 1 aromatic carbocycles. The van der Waals surface area contributed by atoms with Crippen molar-refractivity contribution in [3.63, 3.8) is 0 Å². The smallest absolute Gasteiger partial charge is 0.243 e. The number of likely N-dealkylation sites (N-methyl/N-ethyl adjacent to an activating group) is 1. The number of carbonyl (C=O) groups is 1. The summed E-state index contributed by atoms with van der Waals surface area (Å²) in [4.78, 5) is 17.9. The molecule has 1 aliphatic heterocycles. The van der Waals surface area contributed by atoms with Crippen LogP contribution in [0.2, 0.25) is 0 Å². The molecule has 1 saturated heterocycles. The number of hydrogen-bond acceptors (Lipinski definition) is 3. The van der Waals surface area contributed by atoms with Crippen LogP contribution in [0.15, 0.2) is 29.3 Å². The van der Waals surface area contributed by atoms with Crippen LogP contribution < -0.4 is 10.6 Å². The summed E-state index contributed by atoms with van der Waals surface area (Å²) in [6.45, 7) is 10.0. The first kappa shape index (κ1) is 25.7. The highest BCUT2D eigenvalue weighted by molar-refractivity contribution is 14.0. The van der Waals surface area contributed by atoms with Gasteiger partial charge in [0, 0.05) is 39.7 Å². The quantitative estimate of drug-likeness (QED) is 0.333. The van der Waals surface area contributed by atoms with Crippen LogP contribution in [0.25, 0.3) is 0 Å². The molecule has 2 rings (SSSR count). The normalized spacial score (nSPS) is 16.9. The maximum Gasteiger partial charge on any atom is 0.243 e. The molecule has 1 unspecified atom stereocenters. The zero-order valence-corrected chi connectivity index (χ0v) is 20.8. The van der Waals surface area contributed by atoms with E-state index in [0.717, 1.165) is 39.1 Å². The Balaban J connectivity index is 0.00000420. The Morgan fingerprint density at radius 1 is 1.21 bits per heavy atom. The average molecular weight is 516 g/mol. The van der Waals surface area contributed by atoms with Gasteiger partial charge in [-0.15, -0.1) is 24.0 Å². The molecule has 1 atom stereocenters. The molecule has 0 spiro atoms. The van der Waals surface area contributed by atoms with Gasteiger partial charge in [0.15, 0.2) is 5.96 Å². The molecule has 1 fully saturated rings. The number of nitrogens with zero attached hydrogens (tertiary/aromatic N) is 2. The Bertz CT molecular complexity index is 648. The first-order valence-corrected chi connectivity index (χ1v) is 10.1. The Morgan fingerprint density at radius 3 is 2.45 bits per heavy atom. The van der Waals surface area contributed by atoms with Crippen molar-refractivity contribution in [2.24, 2.45) is 10.9 Å². The SMILES string of the molecule is CN(C)C(=O)CN=C(NCCc1ccc(C(C)(C)C)cc1)NCC1CCOC1.I. The molecule has 0 radical (unpaired) electrons. The monoisotopic (exact) mass is 516 g/mol. The average Bonchev–Trinajstić information content (AvgIpc) is 3.16. The molecule has 6 nitrogen and oxygen atoms in total. The highest BCUT2D eigenvalue weighted by Gasteiger charge is 2.16. The van der Waals surface area contributed by atoms with Gasteiger partial charge < -0.3 is 20.3 Å². The summed E-state index contributed by atoms with van der Waals surface area (Å²) < 4.78 is 5.43. The minimum Gasteiger partial charge on any atom is -0.381 e.